The number of esters is 1. The van der Waals surface area contributed by atoms with E-state index in [9.17, 15) is 9.59 Å². The maximum atomic E-state index is 12.7. The lowest BCUT2D eigenvalue weighted by Gasteiger charge is -2.36. The first kappa shape index (κ1) is 29.1. The SMILES string of the molecule is CCCCCC(=O)OC(C)n1c(=O)ccc2ccc(OCCCCN3CCN(c4cccc5sccc45)CC3)cc21. The zero-order valence-electron chi connectivity index (χ0n) is 24.2. The van der Waals surface area contributed by atoms with Gasteiger partial charge in [0, 0.05) is 60.5 Å². The van der Waals surface area contributed by atoms with Gasteiger partial charge >= 0.3 is 5.97 Å². The van der Waals surface area contributed by atoms with E-state index in [-0.39, 0.29) is 11.5 Å². The van der Waals surface area contributed by atoms with E-state index in [1.165, 1.54) is 21.8 Å². The van der Waals surface area contributed by atoms with E-state index in [1.807, 2.05) is 18.2 Å². The largest absolute Gasteiger partial charge is 0.494 e. The summed E-state index contributed by atoms with van der Waals surface area (Å²) in [5.74, 6) is 0.443. The number of pyridine rings is 1. The summed E-state index contributed by atoms with van der Waals surface area (Å²) < 4.78 is 14.6. The molecule has 0 N–H and O–H groups in total. The number of nitrogens with zero attached hydrogens (tertiary/aromatic N) is 3. The molecule has 1 aliphatic rings. The number of hydrogen-bond donors (Lipinski definition) is 0. The first-order valence-corrected chi connectivity index (χ1v) is 15.8. The van der Waals surface area contributed by atoms with E-state index in [0.29, 0.717) is 18.5 Å². The van der Waals surface area contributed by atoms with Crippen LogP contribution in [0.3, 0.4) is 0 Å². The van der Waals surface area contributed by atoms with E-state index in [2.05, 4.69) is 46.4 Å². The van der Waals surface area contributed by atoms with Crippen molar-refractivity contribution in [3.05, 3.63) is 70.3 Å². The summed E-state index contributed by atoms with van der Waals surface area (Å²) in [4.78, 5) is 30.1. The number of hydrogen-bond acceptors (Lipinski definition) is 7. The number of carbonyl (C=O) groups is 1. The number of rotatable bonds is 13. The lowest BCUT2D eigenvalue weighted by atomic mass is 10.2. The average Bonchev–Trinajstić information content (AvgIpc) is 3.46. The minimum Gasteiger partial charge on any atom is -0.494 e. The molecular weight excluding hydrogens is 534 g/mol. The van der Waals surface area contributed by atoms with Gasteiger partial charge in [0.2, 0.25) is 0 Å². The molecule has 0 spiro atoms. The standard InChI is InChI=1S/C33H41N3O4S/c1-3-4-5-11-33(38)40-25(2)36-30-24-27(14-12-26(30)13-15-32(36)37)39-22-7-6-17-34-18-20-35(21-19-34)29-9-8-10-31-28(29)16-23-41-31/h8-10,12-16,23-25H,3-7,11,17-22H2,1-2H3. The first-order chi connectivity index (χ1) is 20.0. The summed E-state index contributed by atoms with van der Waals surface area (Å²) in [7, 11) is 0. The van der Waals surface area contributed by atoms with E-state index in [4.69, 9.17) is 9.47 Å². The van der Waals surface area contributed by atoms with E-state index >= 15 is 0 Å². The van der Waals surface area contributed by atoms with Crippen molar-refractivity contribution < 1.29 is 14.3 Å². The Kier molecular flexibility index (Phi) is 9.96. The van der Waals surface area contributed by atoms with Crippen molar-refractivity contribution in [3.63, 3.8) is 0 Å². The van der Waals surface area contributed by atoms with Crippen LogP contribution in [0.15, 0.2) is 64.8 Å². The van der Waals surface area contributed by atoms with Crippen molar-refractivity contribution in [2.45, 2.75) is 58.6 Å². The number of unbranched alkanes of at least 4 members (excludes halogenated alkanes) is 3. The van der Waals surface area contributed by atoms with Crippen LogP contribution in [0.2, 0.25) is 0 Å². The van der Waals surface area contributed by atoms with Crippen LogP contribution in [0.1, 0.15) is 58.6 Å². The maximum absolute atomic E-state index is 12.7. The highest BCUT2D eigenvalue weighted by atomic mass is 32.1. The Morgan fingerprint density at radius 1 is 0.976 bits per heavy atom. The predicted molar refractivity (Wildman–Crippen MR) is 168 cm³/mol. The second-order valence-corrected chi connectivity index (χ2v) is 11.7. The zero-order valence-corrected chi connectivity index (χ0v) is 25.0. The molecule has 1 aliphatic heterocycles. The fraction of sp³-hybridized carbons (Fsp3) is 0.455. The van der Waals surface area contributed by atoms with Crippen LogP contribution in [0, 0.1) is 0 Å². The monoisotopic (exact) mass is 575 g/mol. The van der Waals surface area contributed by atoms with Crippen molar-refractivity contribution in [2.75, 3.05) is 44.2 Å². The van der Waals surface area contributed by atoms with E-state index in [0.717, 1.165) is 76.0 Å². The molecule has 2 aromatic heterocycles. The molecule has 0 saturated carbocycles. The van der Waals surface area contributed by atoms with E-state index < -0.39 is 6.23 Å². The molecule has 41 heavy (non-hydrogen) atoms. The number of ether oxygens (including phenoxy) is 2. The number of fused-ring (bicyclic) bond motifs is 2. The van der Waals surface area contributed by atoms with Crippen LogP contribution >= 0.6 is 11.3 Å². The molecular formula is C33H41N3O4S. The molecule has 0 amide bonds. The molecule has 3 heterocycles. The molecule has 218 valence electrons. The van der Waals surface area contributed by atoms with Gasteiger partial charge in [-0.15, -0.1) is 11.3 Å². The minimum atomic E-state index is -0.686. The van der Waals surface area contributed by atoms with Gasteiger partial charge in [-0.05, 0) is 79.9 Å². The quantitative estimate of drug-likeness (QED) is 0.129. The Balaban J connectivity index is 1.09. The molecule has 2 aromatic carbocycles. The van der Waals surface area contributed by atoms with Crippen molar-refractivity contribution >= 4 is 44.0 Å². The second-order valence-electron chi connectivity index (χ2n) is 10.8. The van der Waals surface area contributed by atoms with Crippen LogP contribution in [0.4, 0.5) is 5.69 Å². The fourth-order valence-corrected chi connectivity index (χ4v) is 6.42. The number of anilines is 1. The van der Waals surface area contributed by atoms with Gasteiger partial charge in [-0.25, -0.2) is 0 Å². The lowest BCUT2D eigenvalue weighted by molar-refractivity contribution is -0.152. The van der Waals surface area contributed by atoms with Gasteiger partial charge in [-0.3, -0.25) is 19.1 Å². The summed E-state index contributed by atoms with van der Waals surface area (Å²) in [6, 6.07) is 17.9. The van der Waals surface area contributed by atoms with Gasteiger partial charge in [-0.2, -0.15) is 0 Å². The zero-order chi connectivity index (χ0) is 28.6. The number of piperazine rings is 1. The summed E-state index contributed by atoms with van der Waals surface area (Å²) >= 11 is 1.81. The highest BCUT2D eigenvalue weighted by Gasteiger charge is 2.19. The summed E-state index contributed by atoms with van der Waals surface area (Å²) in [5, 5.41) is 4.45. The Morgan fingerprint density at radius 3 is 2.63 bits per heavy atom. The van der Waals surface area contributed by atoms with Gasteiger partial charge in [-0.1, -0.05) is 25.8 Å². The van der Waals surface area contributed by atoms with Crippen LogP contribution in [-0.2, 0) is 9.53 Å². The topological polar surface area (TPSA) is 64.0 Å². The van der Waals surface area contributed by atoms with Crippen molar-refractivity contribution in [2.24, 2.45) is 0 Å². The number of benzene rings is 2. The molecule has 0 bridgehead atoms. The van der Waals surface area contributed by atoms with Crippen molar-refractivity contribution in [3.8, 4) is 5.75 Å². The average molecular weight is 576 g/mol. The Hall–Kier alpha value is -3.36. The molecule has 1 saturated heterocycles. The summed E-state index contributed by atoms with van der Waals surface area (Å²) in [5.41, 5.74) is 1.87. The van der Waals surface area contributed by atoms with Crippen LogP contribution in [-0.4, -0.2) is 54.8 Å². The van der Waals surface area contributed by atoms with Gasteiger partial charge in [0.1, 0.15) is 5.75 Å². The fourth-order valence-electron chi connectivity index (χ4n) is 5.61. The second kappa shape index (κ2) is 14.0. The Morgan fingerprint density at radius 2 is 1.80 bits per heavy atom. The minimum absolute atomic E-state index is 0.199. The lowest BCUT2D eigenvalue weighted by Crippen LogP contribution is -2.46. The molecule has 8 heteroatoms. The highest BCUT2D eigenvalue weighted by molar-refractivity contribution is 7.17. The third-order valence-electron chi connectivity index (χ3n) is 7.88. The van der Waals surface area contributed by atoms with Gasteiger partial charge in [0.25, 0.3) is 5.56 Å². The number of carbonyl (C=O) groups excluding carboxylic acids is 1. The highest BCUT2D eigenvalue weighted by Crippen LogP contribution is 2.31. The van der Waals surface area contributed by atoms with Crippen molar-refractivity contribution in [1.82, 2.24) is 9.47 Å². The molecule has 4 aromatic rings. The van der Waals surface area contributed by atoms with Crippen molar-refractivity contribution in [1.29, 1.82) is 0 Å². The Labute approximate surface area is 246 Å². The van der Waals surface area contributed by atoms with Crippen LogP contribution < -0.4 is 15.2 Å². The molecule has 0 radical (unpaired) electrons. The van der Waals surface area contributed by atoms with Gasteiger partial charge in [0.15, 0.2) is 6.23 Å². The Bertz CT molecular complexity index is 1510. The summed E-state index contributed by atoms with van der Waals surface area (Å²) in [6.45, 7) is 9.78. The van der Waals surface area contributed by atoms with E-state index in [1.54, 1.807) is 28.9 Å². The maximum Gasteiger partial charge on any atom is 0.307 e. The number of thiophene rings is 1. The third kappa shape index (κ3) is 7.29. The number of aromatic nitrogens is 1. The van der Waals surface area contributed by atoms with Crippen LogP contribution in [0.5, 0.6) is 5.75 Å². The molecule has 1 atom stereocenters. The van der Waals surface area contributed by atoms with Gasteiger partial charge < -0.3 is 14.4 Å². The smallest absolute Gasteiger partial charge is 0.307 e. The molecule has 1 fully saturated rings. The predicted octanol–water partition coefficient (Wildman–Crippen LogP) is 6.84. The van der Waals surface area contributed by atoms with Gasteiger partial charge in [0.05, 0.1) is 12.1 Å². The molecule has 7 nitrogen and oxygen atoms in total. The molecule has 1 unspecified atom stereocenters. The third-order valence-corrected chi connectivity index (χ3v) is 8.76. The van der Waals surface area contributed by atoms with Crippen LogP contribution in [0.25, 0.3) is 21.0 Å². The molecule has 0 aliphatic carbocycles. The molecule has 5 rings (SSSR count). The first-order valence-electron chi connectivity index (χ1n) is 14.9. The summed E-state index contributed by atoms with van der Waals surface area (Å²) in [6.07, 6.45) is 4.54. The normalized spacial score (nSPS) is 14.9.